The number of amides is 1. The Bertz CT molecular complexity index is 754. The van der Waals surface area contributed by atoms with Crippen molar-refractivity contribution in [2.45, 2.75) is 51.7 Å². The van der Waals surface area contributed by atoms with Crippen LogP contribution in [-0.4, -0.2) is 19.1 Å². The molecular formula is C22H27NO3. The van der Waals surface area contributed by atoms with Gasteiger partial charge in [-0.15, -0.1) is 0 Å². The van der Waals surface area contributed by atoms with Crippen LogP contribution in [-0.2, 0) is 17.6 Å². The number of methoxy groups -OCH3 is 1. The zero-order valence-electron chi connectivity index (χ0n) is 15.7. The fraction of sp³-hybridized carbons (Fsp3) is 0.409. The van der Waals surface area contributed by atoms with Crippen molar-refractivity contribution >= 4 is 5.91 Å². The highest BCUT2D eigenvalue weighted by Crippen LogP contribution is 2.30. The molecule has 1 aliphatic rings. The van der Waals surface area contributed by atoms with Crippen LogP contribution in [0, 0.1) is 0 Å². The summed E-state index contributed by atoms with van der Waals surface area (Å²) in [5.74, 6) is 1.54. The molecule has 4 heteroatoms. The van der Waals surface area contributed by atoms with Crippen molar-refractivity contribution in [1.29, 1.82) is 0 Å². The predicted octanol–water partition coefficient (Wildman–Crippen LogP) is 4.22. The molecule has 0 aliphatic heterocycles. The number of nitrogens with one attached hydrogen (secondary N) is 1. The van der Waals surface area contributed by atoms with Crippen LogP contribution in [0.15, 0.2) is 42.5 Å². The van der Waals surface area contributed by atoms with E-state index in [0.29, 0.717) is 0 Å². The molecule has 1 amide bonds. The minimum Gasteiger partial charge on any atom is -0.497 e. The monoisotopic (exact) mass is 353 g/mol. The zero-order chi connectivity index (χ0) is 18.5. The summed E-state index contributed by atoms with van der Waals surface area (Å²) in [4.78, 5) is 12.6. The van der Waals surface area contributed by atoms with Gasteiger partial charge in [0.1, 0.15) is 11.5 Å². The van der Waals surface area contributed by atoms with E-state index in [9.17, 15) is 4.79 Å². The van der Waals surface area contributed by atoms with Gasteiger partial charge in [0, 0.05) is 0 Å². The zero-order valence-corrected chi connectivity index (χ0v) is 15.7. The van der Waals surface area contributed by atoms with Gasteiger partial charge in [0.05, 0.1) is 13.2 Å². The molecule has 1 N–H and O–H groups in total. The molecule has 0 saturated heterocycles. The molecule has 1 aliphatic carbocycles. The molecule has 2 unspecified atom stereocenters. The molecule has 0 saturated carbocycles. The Kier molecular flexibility index (Phi) is 5.82. The van der Waals surface area contributed by atoms with Crippen molar-refractivity contribution in [1.82, 2.24) is 5.32 Å². The molecule has 0 bridgehead atoms. The van der Waals surface area contributed by atoms with Gasteiger partial charge >= 0.3 is 0 Å². The van der Waals surface area contributed by atoms with Gasteiger partial charge < -0.3 is 14.8 Å². The second kappa shape index (κ2) is 8.26. The Morgan fingerprint density at radius 1 is 1.04 bits per heavy atom. The lowest BCUT2D eigenvalue weighted by molar-refractivity contribution is -0.127. The van der Waals surface area contributed by atoms with E-state index in [1.807, 2.05) is 43.3 Å². The van der Waals surface area contributed by atoms with Gasteiger partial charge in [-0.25, -0.2) is 0 Å². The van der Waals surface area contributed by atoms with E-state index in [-0.39, 0.29) is 11.9 Å². The maximum absolute atomic E-state index is 12.6. The van der Waals surface area contributed by atoms with E-state index in [2.05, 4.69) is 11.4 Å². The molecule has 4 nitrogen and oxygen atoms in total. The van der Waals surface area contributed by atoms with Crippen LogP contribution in [0.3, 0.4) is 0 Å². The second-order valence-electron chi connectivity index (χ2n) is 6.86. The summed E-state index contributed by atoms with van der Waals surface area (Å²) in [7, 11) is 1.64. The van der Waals surface area contributed by atoms with Crippen LogP contribution in [0.25, 0.3) is 0 Å². The summed E-state index contributed by atoms with van der Waals surface area (Å²) >= 11 is 0. The molecule has 0 fully saturated rings. The summed E-state index contributed by atoms with van der Waals surface area (Å²) in [6.45, 7) is 3.77. The minimum atomic E-state index is -0.538. The van der Waals surface area contributed by atoms with Crippen molar-refractivity contribution in [2.75, 3.05) is 7.11 Å². The average Bonchev–Trinajstić information content (AvgIpc) is 2.68. The third kappa shape index (κ3) is 4.18. The summed E-state index contributed by atoms with van der Waals surface area (Å²) in [5.41, 5.74) is 3.65. The van der Waals surface area contributed by atoms with Gasteiger partial charge in [-0.1, -0.05) is 24.3 Å². The summed E-state index contributed by atoms with van der Waals surface area (Å²) < 4.78 is 11.2. The van der Waals surface area contributed by atoms with Crippen molar-refractivity contribution < 1.29 is 14.3 Å². The first-order valence-electron chi connectivity index (χ1n) is 9.30. The molecule has 0 radical (unpaired) electrons. The first-order chi connectivity index (χ1) is 12.6. The van der Waals surface area contributed by atoms with Crippen molar-refractivity contribution in [3.8, 4) is 11.5 Å². The van der Waals surface area contributed by atoms with E-state index in [1.54, 1.807) is 14.0 Å². The van der Waals surface area contributed by atoms with Crippen molar-refractivity contribution in [3.05, 3.63) is 59.2 Å². The van der Waals surface area contributed by atoms with Crippen LogP contribution < -0.4 is 14.8 Å². The van der Waals surface area contributed by atoms with Crippen LogP contribution in [0.1, 0.15) is 49.4 Å². The van der Waals surface area contributed by atoms with Crippen molar-refractivity contribution in [3.63, 3.8) is 0 Å². The molecule has 0 heterocycles. The number of carbonyl (C=O) groups excluding carboxylic acids is 1. The Balaban J connectivity index is 1.62. The number of hydrogen-bond donors (Lipinski definition) is 1. The molecule has 2 atom stereocenters. The first-order valence-corrected chi connectivity index (χ1v) is 9.30. The fourth-order valence-electron chi connectivity index (χ4n) is 3.41. The Morgan fingerprint density at radius 3 is 2.50 bits per heavy atom. The number of hydrogen-bond acceptors (Lipinski definition) is 3. The topological polar surface area (TPSA) is 47.6 Å². The Labute approximate surface area is 155 Å². The molecule has 138 valence electrons. The SMILES string of the molecule is COc1ccc(C(C)NC(=O)C(C)Oc2cccc3c2CCCC3)cc1. The number of ether oxygens (including phenoxy) is 2. The third-order valence-electron chi connectivity index (χ3n) is 5.00. The first kappa shape index (κ1) is 18.3. The van der Waals surface area contributed by atoms with Crippen LogP contribution in [0.2, 0.25) is 0 Å². The van der Waals surface area contributed by atoms with Gasteiger partial charge in [0.15, 0.2) is 6.10 Å². The maximum atomic E-state index is 12.6. The highest BCUT2D eigenvalue weighted by molar-refractivity contribution is 5.81. The number of benzene rings is 2. The Hall–Kier alpha value is -2.49. The molecular weight excluding hydrogens is 326 g/mol. The number of rotatable bonds is 6. The van der Waals surface area contributed by atoms with Crippen molar-refractivity contribution in [2.24, 2.45) is 0 Å². The minimum absolute atomic E-state index is 0.0934. The van der Waals surface area contributed by atoms with Crippen LogP contribution in [0.4, 0.5) is 0 Å². The highest BCUT2D eigenvalue weighted by atomic mass is 16.5. The van der Waals surface area contributed by atoms with Gasteiger partial charge in [0.2, 0.25) is 0 Å². The molecule has 2 aromatic carbocycles. The third-order valence-corrected chi connectivity index (χ3v) is 5.00. The smallest absolute Gasteiger partial charge is 0.261 e. The average molecular weight is 353 g/mol. The van der Waals surface area contributed by atoms with E-state index in [4.69, 9.17) is 9.47 Å². The van der Waals surface area contributed by atoms with E-state index < -0.39 is 6.10 Å². The summed E-state index contributed by atoms with van der Waals surface area (Å²) in [6, 6.07) is 13.8. The van der Waals surface area contributed by atoms with Gasteiger partial charge in [-0.2, -0.15) is 0 Å². The fourth-order valence-corrected chi connectivity index (χ4v) is 3.41. The lowest BCUT2D eigenvalue weighted by Crippen LogP contribution is -2.38. The Morgan fingerprint density at radius 2 is 1.77 bits per heavy atom. The predicted molar refractivity (Wildman–Crippen MR) is 103 cm³/mol. The quantitative estimate of drug-likeness (QED) is 0.846. The molecule has 3 rings (SSSR count). The maximum Gasteiger partial charge on any atom is 0.261 e. The van der Waals surface area contributed by atoms with E-state index in [1.165, 1.54) is 24.0 Å². The lowest BCUT2D eigenvalue weighted by Gasteiger charge is -2.23. The normalized spacial score (nSPS) is 15.5. The second-order valence-corrected chi connectivity index (χ2v) is 6.86. The van der Waals surface area contributed by atoms with Crippen LogP contribution in [0.5, 0.6) is 11.5 Å². The van der Waals surface area contributed by atoms with Gasteiger partial charge in [-0.3, -0.25) is 4.79 Å². The number of aryl methyl sites for hydroxylation is 1. The van der Waals surface area contributed by atoms with Gasteiger partial charge in [-0.05, 0) is 74.4 Å². The number of carbonyl (C=O) groups is 1. The summed E-state index contributed by atoms with van der Waals surface area (Å²) in [5, 5.41) is 3.03. The van der Waals surface area contributed by atoms with E-state index >= 15 is 0 Å². The molecule has 0 aromatic heterocycles. The van der Waals surface area contributed by atoms with Gasteiger partial charge in [0.25, 0.3) is 5.91 Å². The van der Waals surface area contributed by atoms with E-state index in [0.717, 1.165) is 29.9 Å². The highest BCUT2D eigenvalue weighted by Gasteiger charge is 2.21. The number of fused-ring (bicyclic) bond motifs is 1. The summed E-state index contributed by atoms with van der Waals surface area (Å²) in [6.07, 6.45) is 4.00. The standard InChI is InChI=1S/C22H27NO3/c1-15(17-11-13-19(25-3)14-12-17)23-22(24)16(2)26-21-10-6-8-18-7-4-5-9-20(18)21/h6,8,10-16H,4-5,7,9H2,1-3H3,(H,23,24). The lowest BCUT2D eigenvalue weighted by atomic mass is 9.91. The van der Waals surface area contributed by atoms with Crippen LogP contribution >= 0.6 is 0 Å². The molecule has 26 heavy (non-hydrogen) atoms. The largest absolute Gasteiger partial charge is 0.497 e. The molecule has 2 aromatic rings. The molecule has 0 spiro atoms.